The van der Waals surface area contributed by atoms with E-state index in [4.69, 9.17) is 4.74 Å². The highest BCUT2D eigenvalue weighted by Gasteiger charge is 2.40. The minimum atomic E-state index is -1.30. The van der Waals surface area contributed by atoms with Gasteiger partial charge < -0.3 is 14.9 Å². The minimum absolute atomic E-state index is 0.0180. The second kappa shape index (κ2) is 3.62. The fourth-order valence-corrected chi connectivity index (χ4v) is 1.49. The summed E-state index contributed by atoms with van der Waals surface area (Å²) in [5.74, 6) is -0.0180. The number of nitrogens with zero attached hydrogens (tertiary/aromatic N) is 1. The van der Waals surface area contributed by atoms with E-state index in [0.29, 0.717) is 0 Å². The number of rotatable bonds is 1. The number of hydrogen-bond donors (Lipinski definition) is 3. The molecule has 1 aliphatic rings. The van der Waals surface area contributed by atoms with Gasteiger partial charge in [-0.15, -0.1) is 0 Å². The van der Waals surface area contributed by atoms with Crippen LogP contribution in [0.15, 0.2) is 34.2 Å². The van der Waals surface area contributed by atoms with Gasteiger partial charge in [-0.3, -0.25) is 14.3 Å². The molecule has 0 aliphatic carbocycles. The van der Waals surface area contributed by atoms with E-state index in [1.807, 2.05) is 4.98 Å². The third kappa shape index (κ3) is 1.55. The first-order valence-corrected chi connectivity index (χ1v) is 4.54. The molecule has 3 atom stereocenters. The largest absolute Gasteiger partial charge is 0.469 e. The predicted molar refractivity (Wildman–Crippen MR) is 52.6 cm³/mol. The average molecular weight is 226 g/mol. The maximum Gasteiger partial charge on any atom is 0.331 e. The monoisotopic (exact) mass is 226 g/mol. The zero-order chi connectivity index (χ0) is 11.9. The summed E-state index contributed by atoms with van der Waals surface area (Å²) in [6, 6.07) is 1.12. The Hall–Kier alpha value is -1.86. The summed E-state index contributed by atoms with van der Waals surface area (Å²) in [4.78, 5) is 24.2. The lowest BCUT2D eigenvalue weighted by molar-refractivity contribution is -0.0163. The predicted octanol–water partition coefficient (Wildman–Crippen LogP) is -1.70. The molecule has 1 fully saturated rings. The molecule has 1 saturated heterocycles. The van der Waals surface area contributed by atoms with Crippen LogP contribution in [0.4, 0.5) is 0 Å². The van der Waals surface area contributed by atoms with E-state index in [9.17, 15) is 19.8 Å². The van der Waals surface area contributed by atoms with Crippen molar-refractivity contribution in [2.24, 2.45) is 0 Å². The van der Waals surface area contributed by atoms with Crippen molar-refractivity contribution in [2.75, 3.05) is 0 Å². The van der Waals surface area contributed by atoms with Crippen LogP contribution in [0.2, 0.25) is 0 Å². The topological polar surface area (TPSA) is 105 Å². The number of aromatic amines is 1. The molecule has 7 heteroatoms. The molecule has 1 aromatic heterocycles. The molecule has 0 bridgehead atoms. The summed E-state index contributed by atoms with van der Waals surface area (Å²) < 4.78 is 6.02. The normalized spacial score (nSPS) is 29.1. The van der Waals surface area contributed by atoms with Gasteiger partial charge in [0, 0.05) is 12.3 Å². The van der Waals surface area contributed by atoms with E-state index < -0.39 is 29.7 Å². The van der Waals surface area contributed by atoms with E-state index in [1.165, 1.54) is 6.20 Å². The van der Waals surface area contributed by atoms with Crippen molar-refractivity contribution in [2.45, 2.75) is 18.4 Å². The molecule has 1 aromatic rings. The van der Waals surface area contributed by atoms with Crippen molar-refractivity contribution < 1.29 is 14.9 Å². The first-order chi connectivity index (χ1) is 7.50. The molecule has 0 aromatic carbocycles. The summed E-state index contributed by atoms with van der Waals surface area (Å²) >= 11 is 0. The van der Waals surface area contributed by atoms with E-state index >= 15 is 0 Å². The molecule has 3 N–H and O–H groups in total. The van der Waals surface area contributed by atoms with Crippen molar-refractivity contribution in [1.29, 1.82) is 0 Å². The minimum Gasteiger partial charge on any atom is -0.469 e. The SMILES string of the molecule is C=C1O[C@H](n2ccc(=O)[nH]c2=O)[C@@H](O)[C@H]1O. The van der Waals surface area contributed by atoms with Crippen LogP contribution in [-0.2, 0) is 4.74 Å². The Morgan fingerprint density at radius 2 is 2.12 bits per heavy atom. The Kier molecular flexibility index (Phi) is 2.41. The summed E-state index contributed by atoms with van der Waals surface area (Å²) in [5.41, 5.74) is -1.27. The van der Waals surface area contributed by atoms with E-state index in [2.05, 4.69) is 6.58 Å². The van der Waals surface area contributed by atoms with E-state index in [-0.39, 0.29) is 5.76 Å². The van der Waals surface area contributed by atoms with Crippen LogP contribution >= 0.6 is 0 Å². The highest BCUT2D eigenvalue weighted by atomic mass is 16.5. The van der Waals surface area contributed by atoms with E-state index in [1.54, 1.807) is 0 Å². The molecule has 86 valence electrons. The van der Waals surface area contributed by atoms with Crippen LogP contribution in [0, 0.1) is 0 Å². The zero-order valence-corrected chi connectivity index (χ0v) is 8.16. The first-order valence-electron chi connectivity index (χ1n) is 4.54. The van der Waals surface area contributed by atoms with Gasteiger partial charge in [0.05, 0.1) is 0 Å². The molecule has 2 heterocycles. The number of H-pyrrole nitrogens is 1. The third-order valence-corrected chi connectivity index (χ3v) is 2.34. The van der Waals surface area contributed by atoms with Gasteiger partial charge in [-0.2, -0.15) is 0 Å². The number of aliphatic hydroxyl groups is 2. The summed E-state index contributed by atoms with van der Waals surface area (Å²) in [5, 5.41) is 19.0. The fourth-order valence-electron chi connectivity index (χ4n) is 1.49. The Bertz CT molecular complexity index is 531. The molecule has 0 unspecified atom stereocenters. The number of nitrogens with one attached hydrogen (secondary N) is 1. The lowest BCUT2D eigenvalue weighted by atomic mass is 10.2. The van der Waals surface area contributed by atoms with Crippen molar-refractivity contribution in [1.82, 2.24) is 9.55 Å². The van der Waals surface area contributed by atoms with Crippen LogP contribution in [0.3, 0.4) is 0 Å². The van der Waals surface area contributed by atoms with Crippen LogP contribution in [0.5, 0.6) is 0 Å². The van der Waals surface area contributed by atoms with Gasteiger partial charge in [0.15, 0.2) is 0 Å². The molecule has 1 aliphatic heterocycles. The van der Waals surface area contributed by atoms with Crippen LogP contribution < -0.4 is 11.2 Å². The standard InChI is InChI=1S/C9H10N2O5/c1-4-6(13)7(14)8(16-4)11-3-2-5(12)10-9(11)15/h2-3,6-8,13-14H,1H2,(H,10,12,15)/t6-,7-,8-/m0/s1. The van der Waals surface area contributed by atoms with Gasteiger partial charge in [-0.25, -0.2) is 4.79 Å². The highest BCUT2D eigenvalue weighted by molar-refractivity contribution is 5.05. The lowest BCUT2D eigenvalue weighted by Gasteiger charge is -2.15. The van der Waals surface area contributed by atoms with Crippen molar-refractivity contribution in [3.8, 4) is 0 Å². The van der Waals surface area contributed by atoms with Crippen LogP contribution in [0.25, 0.3) is 0 Å². The van der Waals surface area contributed by atoms with Crippen molar-refractivity contribution >= 4 is 0 Å². The van der Waals surface area contributed by atoms with E-state index in [0.717, 1.165) is 10.6 Å². The molecular weight excluding hydrogens is 216 g/mol. The summed E-state index contributed by atoms with van der Waals surface area (Å²) in [7, 11) is 0. The van der Waals surface area contributed by atoms with Gasteiger partial charge in [0.25, 0.3) is 5.56 Å². The van der Waals surface area contributed by atoms with Gasteiger partial charge in [-0.1, -0.05) is 6.58 Å². The Balaban J connectivity index is 2.43. The Morgan fingerprint density at radius 1 is 1.44 bits per heavy atom. The number of hydrogen-bond acceptors (Lipinski definition) is 5. The fraction of sp³-hybridized carbons (Fsp3) is 0.333. The third-order valence-electron chi connectivity index (χ3n) is 2.34. The average Bonchev–Trinajstić information content (AvgIpc) is 2.46. The smallest absolute Gasteiger partial charge is 0.331 e. The van der Waals surface area contributed by atoms with Gasteiger partial charge in [-0.05, 0) is 0 Å². The van der Waals surface area contributed by atoms with Gasteiger partial charge >= 0.3 is 5.69 Å². The van der Waals surface area contributed by atoms with Crippen LogP contribution in [-0.4, -0.2) is 32.0 Å². The Labute approximate surface area is 89.2 Å². The maximum absolute atomic E-state index is 11.4. The number of aliphatic hydroxyl groups excluding tert-OH is 2. The second-order valence-corrected chi connectivity index (χ2v) is 3.43. The molecule has 2 rings (SSSR count). The maximum atomic E-state index is 11.4. The van der Waals surface area contributed by atoms with Crippen LogP contribution in [0.1, 0.15) is 6.23 Å². The molecule has 16 heavy (non-hydrogen) atoms. The quantitative estimate of drug-likeness (QED) is 0.529. The number of aromatic nitrogens is 2. The first kappa shape index (κ1) is 10.7. The molecule has 0 radical (unpaired) electrons. The van der Waals surface area contributed by atoms with Gasteiger partial charge in [0.2, 0.25) is 6.23 Å². The number of ether oxygens (including phenoxy) is 1. The highest BCUT2D eigenvalue weighted by Crippen LogP contribution is 2.29. The van der Waals surface area contributed by atoms with Crippen molar-refractivity contribution in [3.05, 3.63) is 45.4 Å². The van der Waals surface area contributed by atoms with Gasteiger partial charge in [0.1, 0.15) is 18.0 Å². The summed E-state index contributed by atoms with van der Waals surface area (Å²) in [6.07, 6.45) is -2.44. The molecule has 0 spiro atoms. The van der Waals surface area contributed by atoms with Crippen molar-refractivity contribution in [3.63, 3.8) is 0 Å². The zero-order valence-electron chi connectivity index (χ0n) is 8.16. The lowest BCUT2D eigenvalue weighted by Crippen LogP contribution is -2.37. The summed E-state index contributed by atoms with van der Waals surface area (Å²) in [6.45, 7) is 3.39. The molecule has 7 nitrogen and oxygen atoms in total. The molecule has 0 amide bonds. The Morgan fingerprint density at radius 3 is 2.62 bits per heavy atom. The molecular formula is C9H10N2O5. The second-order valence-electron chi connectivity index (χ2n) is 3.43. The molecule has 0 saturated carbocycles.